The molecule has 1 aliphatic heterocycles. The van der Waals surface area contributed by atoms with Gasteiger partial charge in [-0.2, -0.15) is 0 Å². The second-order valence-corrected chi connectivity index (χ2v) is 8.15. The number of amides is 1. The van der Waals surface area contributed by atoms with Crippen molar-refractivity contribution in [2.24, 2.45) is 0 Å². The molecule has 0 atom stereocenters. The van der Waals surface area contributed by atoms with Gasteiger partial charge in [0.2, 0.25) is 5.91 Å². The van der Waals surface area contributed by atoms with Crippen LogP contribution in [0.4, 0.5) is 0 Å². The molecule has 1 N–H and O–H groups in total. The predicted octanol–water partition coefficient (Wildman–Crippen LogP) is 1.20. The molecule has 1 heterocycles. The highest BCUT2D eigenvalue weighted by molar-refractivity contribution is 7.92. The van der Waals surface area contributed by atoms with E-state index in [0.717, 1.165) is 5.56 Å². The lowest BCUT2D eigenvalue weighted by atomic mass is 9.95. The number of benzene rings is 1. The molecule has 5 nitrogen and oxygen atoms in total. The fourth-order valence-corrected chi connectivity index (χ4v) is 4.39. The van der Waals surface area contributed by atoms with Crippen LogP contribution in [0.5, 0.6) is 0 Å². The van der Waals surface area contributed by atoms with Crippen molar-refractivity contribution < 1.29 is 13.2 Å². The predicted molar refractivity (Wildman–Crippen MR) is 87.2 cm³/mol. The number of nitrogens with one attached hydrogen (secondary N) is 1. The molecule has 0 aliphatic carbocycles. The van der Waals surface area contributed by atoms with Crippen molar-refractivity contribution in [2.45, 2.75) is 31.1 Å². The van der Waals surface area contributed by atoms with E-state index < -0.39 is 14.6 Å². The van der Waals surface area contributed by atoms with Crippen LogP contribution in [0, 0.1) is 0 Å². The van der Waals surface area contributed by atoms with E-state index >= 15 is 0 Å². The minimum Gasteiger partial charge on any atom is -0.337 e. The average molecular weight is 324 g/mol. The first-order valence-electron chi connectivity index (χ1n) is 7.64. The van der Waals surface area contributed by atoms with Crippen molar-refractivity contribution in [3.05, 3.63) is 35.9 Å². The van der Waals surface area contributed by atoms with Crippen LogP contribution in [0.25, 0.3) is 0 Å². The Kier molecular flexibility index (Phi) is 5.24. The highest BCUT2D eigenvalue weighted by Gasteiger charge is 2.50. The quantitative estimate of drug-likeness (QED) is 0.884. The third-order valence-electron chi connectivity index (χ3n) is 4.40. The van der Waals surface area contributed by atoms with Crippen molar-refractivity contribution in [3.8, 4) is 0 Å². The van der Waals surface area contributed by atoms with E-state index in [-0.39, 0.29) is 5.91 Å². The third-order valence-corrected chi connectivity index (χ3v) is 6.40. The Morgan fingerprint density at radius 1 is 1.23 bits per heavy atom. The van der Waals surface area contributed by atoms with Crippen LogP contribution in [-0.4, -0.2) is 49.9 Å². The lowest BCUT2D eigenvalue weighted by Crippen LogP contribution is -2.58. The first kappa shape index (κ1) is 17.0. The van der Waals surface area contributed by atoms with Gasteiger partial charge in [-0.1, -0.05) is 30.3 Å². The monoisotopic (exact) mass is 324 g/mol. The zero-order valence-electron chi connectivity index (χ0n) is 13.2. The van der Waals surface area contributed by atoms with Crippen LogP contribution in [-0.2, 0) is 21.2 Å². The summed E-state index contributed by atoms with van der Waals surface area (Å²) in [6.07, 6.45) is 1.87. The van der Waals surface area contributed by atoms with Crippen molar-refractivity contribution in [2.75, 3.05) is 25.9 Å². The summed E-state index contributed by atoms with van der Waals surface area (Å²) >= 11 is 0. The maximum Gasteiger partial charge on any atom is 0.244 e. The number of carbonyl (C=O) groups is 1. The molecule has 1 aliphatic rings. The molecule has 1 saturated heterocycles. The van der Waals surface area contributed by atoms with Gasteiger partial charge in [0.15, 0.2) is 14.6 Å². The van der Waals surface area contributed by atoms with Crippen LogP contribution in [0.15, 0.2) is 30.3 Å². The first-order valence-corrected chi connectivity index (χ1v) is 9.53. The maximum absolute atomic E-state index is 13.0. The average Bonchev–Trinajstić information content (AvgIpc) is 2.52. The molecule has 0 aromatic heterocycles. The number of carbonyl (C=O) groups excluding carboxylic acids is 1. The standard InChI is InChI=1S/C16H24N2O3S/c1-3-18(13-14-7-5-4-6-8-14)15(19)16(22(2,20)21)9-11-17-12-10-16/h4-8,17H,3,9-13H2,1-2H3. The second kappa shape index (κ2) is 6.79. The maximum atomic E-state index is 13.0. The molecule has 1 amide bonds. The van der Waals surface area contributed by atoms with Crippen LogP contribution in [0.1, 0.15) is 25.3 Å². The largest absolute Gasteiger partial charge is 0.337 e. The lowest BCUT2D eigenvalue weighted by molar-refractivity contribution is -0.135. The van der Waals surface area contributed by atoms with Crippen LogP contribution < -0.4 is 5.32 Å². The fourth-order valence-electron chi connectivity index (χ4n) is 2.99. The molecule has 0 unspecified atom stereocenters. The number of hydrogen-bond acceptors (Lipinski definition) is 4. The summed E-state index contributed by atoms with van der Waals surface area (Å²) in [5.41, 5.74) is 1.01. The van der Waals surface area contributed by atoms with Gasteiger partial charge < -0.3 is 10.2 Å². The second-order valence-electron chi connectivity index (χ2n) is 5.82. The lowest BCUT2D eigenvalue weighted by Gasteiger charge is -2.38. The van der Waals surface area contributed by atoms with Crippen molar-refractivity contribution in [3.63, 3.8) is 0 Å². The molecule has 1 fully saturated rings. The number of piperidine rings is 1. The van der Waals surface area contributed by atoms with Gasteiger partial charge in [-0.15, -0.1) is 0 Å². The van der Waals surface area contributed by atoms with E-state index in [9.17, 15) is 13.2 Å². The molecule has 1 aromatic carbocycles. The molecule has 0 radical (unpaired) electrons. The summed E-state index contributed by atoms with van der Waals surface area (Å²) in [5.74, 6) is -0.261. The van der Waals surface area contributed by atoms with E-state index in [1.807, 2.05) is 37.3 Å². The number of nitrogens with zero attached hydrogens (tertiary/aromatic N) is 1. The van der Waals surface area contributed by atoms with Gasteiger partial charge in [0.1, 0.15) is 0 Å². The van der Waals surface area contributed by atoms with Crippen LogP contribution in [0.2, 0.25) is 0 Å². The van der Waals surface area contributed by atoms with E-state index in [0.29, 0.717) is 39.0 Å². The Hall–Kier alpha value is -1.40. The van der Waals surface area contributed by atoms with E-state index in [1.54, 1.807) is 4.90 Å². The molecule has 0 bridgehead atoms. The van der Waals surface area contributed by atoms with Gasteiger partial charge in [0.05, 0.1) is 0 Å². The van der Waals surface area contributed by atoms with Crippen molar-refractivity contribution >= 4 is 15.7 Å². The van der Waals surface area contributed by atoms with Crippen molar-refractivity contribution in [1.29, 1.82) is 0 Å². The molecule has 0 saturated carbocycles. The van der Waals surface area contributed by atoms with Gasteiger partial charge in [0.25, 0.3) is 0 Å². The van der Waals surface area contributed by atoms with E-state index in [2.05, 4.69) is 5.32 Å². The molecule has 2 rings (SSSR count). The summed E-state index contributed by atoms with van der Waals surface area (Å²) in [5, 5.41) is 3.14. The molecule has 22 heavy (non-hydrogen) atoms. The zero-order valence-corrected chi connectivity index (χ0v) is 14.0. The number of rotatable bonds is 5. The molecule has 1 aromatic rings. The number of hydrogen-bond donors (Lipinski definition) is 1. The number of sulfone groups is 1. The molecule has 6 heteroatoms. The summed E-state index contributed by atoms with van der Waals surface area (Å²) < 4.78 is 23.4. The Labute approximate surface area is 132 Å². The Morgan fingerprint density at radius 2 is 1.82 bits per heavy atom. The van der Waals surface area contributed by atoms with E-state index in [1.165, 1.54) is 6.26 Å². The van der Waals surface area contributed by atoms with Gasteiger partial charge in [-0.3, -0.25) is 4.79 Å². The SMILES string of the molecule is CCN(Cc1ccccc1)C(=O)C1(S(C)(=O)=O)CCNCC1. The summed E-state index contributed by atoms with van der Waals surface area (Å²) in [6, 6.07) is 9.67. The summed E-state index contributed by atoms with van der Waals surface area (Å²) in [4.78, 5) is 14.7. The molecule has 122 valence electrons. The van der Waals surface area contributed by atoms with Gasteiger partial charge in [0, 0.05) is 19.3 Å². The summed E-state index contributed by atoms with van der Waals surface area (Å²) in [6.45, 7) is 3.95. The zero-order chi connectivity index (χ0) is 16.2. The van der Waals surface area contributed by atoms with Gasteiger partial charge >= 0.3 is 0 Å². The Morgan fingerprint density at radius 3 is 2.32 bits per heavy atom. The molecular formula is C16H24N2O3S. The minimum atomic E-state index is -3.47. The Bertz CT molecular complexity index is 608. The third kappa shape index (κ3) is 3.33. The topological polar surface area (TPSA) is 66.5 Å². The normalized spacial score (nSPS) is 17.9. The molecule has 0 spiro atoms. The highest BCUT2D eigenvalue weighted by atomic mass is 32.2. The van der Waals surface area contributed by atoms with Crippen LogP contribution in [0.3, 0.4) is 0 Å². The smallest absolute Gasteiger partial charge is 0.244 e. The van der Waals surface area contributed by atoms with E-state index in [4.69, 9.17) is 0 Å². The summed E-state index contributed by atoms with van der Waals surface area (Å²) in [7, 11) is -3.47. The minimum absolute atomic E-state index is 0.261. The molecular weight excluding hydrogens is 300 g/mol. The van der Waals surface area contributed by atoms with Gasteiger partial charge in [-0.05, 0) is 38.4 Å². The van der Waals surface area contributed by atoms with Crippen LogP contribution >= 0.6 is 0 Å². The highest BCUT2D eigenvalue weighted by Crippen LogP contribution is 2.30. The van der Waals surface area contributed by atoms with Crippen molar-refractivity contribution in [1.82, 2.24) is 10.2 Å². The fraction of sp³-hybridized carbons (Fsp3) is 0.562. The first-order chi connectivity index (χ1) is 10.4. The Balaban J connectivity index is 2.28. The van der Waals surface area contributed by atoms with Gasteiger partial charge in [-0.25, -0.2) is 8.42 Å².